The zero-order chi connectivity index (χ0) is 29.8. The fraction of sp³-hybridized carbons (Fsp3) is 0.321. The maximum absolute atomic E-state index is 13.1. The summed E-state index contributed by atoms with van der Waals surface area (Å²) < 4.78 is 11.1. The summed E-state index contributed by atoms with van der Waals surface area (Å²) in [7, 11) is -0.894. The predicted molar refractivity (Wildman–Crippen MR) is 167 cm³/mol. The number of fused-ring (bicyclic) bond motifs is 3. The number of nitrogens with zero attached hydrogens (tertiary/aromatic N) is 3. The zero-order valence-electron chi connectivity index (χ0n) is 22.6. The molecule has 3 amide bonds. The molecule has 0 spiro atoms. The summed E-state index contributed by atoms with van der Waals surface area (Å²) in [5, 5.41) is 22.4. The second kappa shape index (κ2) is 13.3. The molecule has 5 rings (SSSR count). The molecule has 0 aliphatic carbocycles. The van der Waals surface area contributed by atoms with Gasteiger partial charge in [-0.3, -0.25) is 18.6 Å². The Morgan fingerprint density at radius 1 is 1.12 bits per heavy atom. The van der Waals surface area contributed by atoms with Crippen molar-refractivity contribution in [3.8, 4) is 16.5 Å². The van der Waals surface area contributed by atoms with E-state index in [2.05, 4.69) is 20.6 Å². The van der Waals surface area contributed by atoms with Gasteiger partial charge in [-0.1, -0.05) is 24.3 Å². The Kier molecular flexibility index (Phi) is 9.51. The molecule has 0 saturated heterocycles. The Morgan fingerprint density at radius 2 is 1.90 bits per heavy atom. The molecule has 2 aromatic heterocycles. The first-order chi connectivity index (χ1) is 20.3. The number of aromatic nitrogens is 2. The van der Waals surface area contributed by atoms with Crippen LogP contribution in [0.25, 0.3) is 21.5 Å². The molecular weight excluding hydrogens is 618 g/mol. The monoisotopic (exact) mass is 645 g/mol. The topological polar surface area (TPSA) is 142 Å². The molecule has 10 nitrogen and oxygen atoms in total. The van der Waals surface area contributed by atoms with E-state index in [1.165, 1.54) is 33.6 Å². The van der Waals surface area contributed by atoms with Crippen molar-refractivity contribution in [2.24, 2.45) is 0 Å². The SMILES string of the molecule is CS(=O)CCCNC(=O)c1csc(-c2csc(CCNC(=O)C(=O)N3C[C@@H](CCl)c4c3cc(O)c3ccccc43)n2)n1. The number of benzene rings is 2. The number of hydrogen-bond acceptors (Lipinski definition) is 9. The Labute approximate surface area is 257 Å². The predicted octanol–water partition coefficient (Wildman–Crippen LogP) is 3.65. The van der Waals surface area contributed by atoms with Crippen LogP contribution in [-0.2, 0) is 26.8 Å². The van der Waals surface area contributed by atoms with E-state index < -0.39 is 22.6 Å². The fourth-order valence-corrected chi connectivity index (χ4v) is 7.23. The number of halogens is 1. The standard InChI is InChI=1S/C28H28ClN5O5S3/c1-42(39)10-4-8-30-25(36)19-14-41-27(33-19)20-15-40-23(32-20)7-9-31-26(37)28(38)34-13-16(12-29)24-18-6-3-2-5-17(18)22(35)11-21(24)34/h2-3,5-6,11,14-16,35H,4,7-10,12-13H2,1H3,(H,30,36)(H,31,37)/t16-,42?/m1/s1. The van der Waals surface area contributed by atoms with Gasteiger partial charge in [-0.25, -0.2) is 9.97 Å². The van der Waals surface area contributed by atoms with E-state index >= 15 is 0 Å². The Morgan fingerprint density at radius 3 is 2.67 bits per heavy atom. The van der Waals surface area contributed by atoms with Crippen molar-refractivity contribution in [1.29, 1.82) is 0 Å². The van der Waals surface area contributed by atoms with Crippen LogP contribution in [0.3, 0.4) is 0 Å². The molecule has 2 atom stereocenters. The molecule has 1 aliphatic rings. The van der Waals surface area contributed by atoms with E-state index in [9.17, 15) is 23.7 Å². The summed E-state index contributed by atoms with van der Waals surface area (Å²) in [6.45, 7) is 0.882. The second-order valence-corrected chi connectivity index (χ2v) is 13.4. The van der Waals surface area contributed by atoms with E-state index in [4.69, 9.17) is 11.6 Å². The zero-order valence-corrected chi connectivity index (χ0v) is 25.8. The van der Waals surface area contributed by atoms with Crippen LogP contribution in [0.4, 0.5) is 5.69 Å². The number of hydrogen-bond donors (Lipinski definition) is 3. The summed E-state index contributed by atoms with van der Waals surface area (Å²) in [6, 6.07) is 8.90. The number of nitrogens with one attached hydrogen (secondary N) is 2. The van der Waals surface area contributed by atoms with Crippen molar-refractivity contribution in [3.05, 3.63) is 57.4 Å². The summed E-state index contributed by atoms with van der Waals surface area (Å²) in [6.07, 6.45) is 2.67. The van der Waals surface area contributed by atoms with Crippen LogP contribution in [0.1, 0.15) is 33.4 Å². The molecule has 1 aliphatic heterocycles. The third-order valence-electron chi connectivity index (χ3n) is 6.80. The quantitative estimate of drug-likeness (QED) is 0.136. The van der Waals surface area contributed by atoms with Gasteiger partial charge in [0.2, 0.25) is 0 Å². The van der Waals surface area contributed by atoms with Gasteiger partial charge < -0.3 is 20.6 Å². The van der Waals surface area contributed by atoms with Crippen LogP contribution in [0.15, 0.2) is 41.1 Å². The molecule has 2 aromatic carbocycles. The number of amides is 3. The first-order valence-corrected chi connectivity index (χ1v) is 17.2. The number of rotatable bonds is 10. The number of anilines is 1. The summed E-state index contributed by atoms with van der Waals surface area (Å²) in [4.78, 5) is 48.6. The van der Waals surface area contributed by atoms with Gasteiger partial charge in [0.25, 0.3) is 5.91 Å². The number of phenols is 1. The first kappa shape index (κ1) is 30.1. The third kappa shape index (κ3) is 6.48. The molecule has 220 valence electrons. The Bertz CT molecular complexity index is 1670. The average molecular weight is 646 g/mol. The number of carbonyl (C=O) groups excluding carboxylic acids is 3. The number of phenolic OH excluding ortho intramolecular Hbond substituents is 1. The van der Waals surface area contributed by atoms with Crippen LogP contribution < -0.4 is 15.5 Å². The van der Waals surface area contributed by atoms with Crippen LogP contribution in [0.2, 0.25) is 0 Å². The molecular formula is C28H28ClN5O5S3. The van der Waals surface area contributed by atoms with Gasteiger partial charge in [0.05, 0.1) is 10.7 Å². The van der Waals surface area contributed by atoms with Gasteiger partial charge in [-0.05, 0) is 17.4 Å². The minimum absolute atomic E-state index is 0.0380. The van der Waals surface area contributed by atoms with Crippen molar-refractivity contribution in [3.63, 3.8) is 0 Å². The van der Waals surface area contributed by atoms with Crippen molar-refractivity contribution >= 4 is 79.3 Å². The van der Waals surface area contributed by atoms with E-state index in [0.717, 1.165) is 16.0 Å². The number of thiazole rings is 2. The number of alkyl halides is 1. The molecule has 14 heteroatoms. The van der Waals surface area contributed by atoms with Gasteiger partial charge >= 0.3 is 11.8 Å². The van der Waals surface area contributed by atoms with E-state index in [1.54, 1.807) is 11.6 Å². The highest BCUT2D eigenvalue weighted by molar-refractivity contribution is 7.84. The third-order valence-corrected chi connectivity index (χ3v) is 9.81. The van der Waals surface area contributed by atoms with E-state index in [1.807, 2.05) is 29.6 Å². The maximum Gasteiger partial charge on any atom is 0.316 e. The smallest absolute Gasteiger partial charge is 0.316 e. The minimum Gasteiger partial charge on any atom is -0.507 e. The van der Waals surface area contributed by atoms with Crippen molar-refractivity contribution in [2.75, 3.05) is 42.4 Å². The largest absolute Gasteiger partial charge is 0.507 e. The Hall–Kier alpha value is -3.39. The number of carbonyl (C=O) groups is 3. The summed E-state index contributed by atoms with van der Waals surface area (Å²) in [5.74, 6) is -1.08. The van der Waals surface area contributed by atoms with Gasteiger partial charge in [0, 0.05) is 82.9 Å². The van der Waals surface area contributed by atoms with Crippen LogP contribution in [0.5, 0.6) is 5.75 Å². The Balaban J connectivity index is 1.16. The molecule has 1 unspecified atom stereocenters. The van der Waals surface area contributed by atoms with Crippen LogP contribution in [0, 0.1) is 0 Å². The molecule has 3 N–H and O–H groups in total. The lowest BCUT2D eigenvalue weighted by atomic mass is 9.95. The minimum atomic E-state index is -0.894. The summed E-state index contributed by atoms with van der Waals surface area (Å²) in [5.41, 5.74) is 2.28. The highest BCUT2D eigenvalue weighted by Crippen LogP contribution is 2.45. The lowest BCUT2D eigenvalue weighted by Crippen LogP contribution is -2.43. The van der Waals surface area contributed by atoms with Gasteiger partial charge in [-0.2, -0.15) is 0 Å². The lowest BCUT2D eigenvalue weighted by Gasteiger charge is -2.17. The molecule has 42 heavy (non-hydrogen) atoms. The first-order valence-electron chi connectivity index (χ1n) is 13.2. The van der Waals surface area contributed by atoms with Gasteiger partial charge in [-0.15, -0.1) is 34.3 Å². The summed E-state index contributed by atoms with van der Waals surface area (Å²) >= 11 is 8.95. The highest BCUT2D eigenvalue weighted by atomic mass is 35.5. The van der Waals surface area contributed by atoms with Crippen molar-refractivity contribution in [2.45, 2.75) is 18.8 Å². The van der Waals surface area contributed by atoms with Gasteiger partial charge in [0.1, 0.15) is 22.1 Å². The van der Waals surface area contributed by atoms with E-state index in [-0.39, 0.29) is 36.5 Å². The van der Waals surface area contributed by atoms with Crippen LogP contribution >= 0.6 is 34.3 Å². The second-order valence-electron chi connectivity index (χ2n) is 9.70. The lowest BCUT2D eigenvalue weighted by molar-refractivity contribution is -0.137. The van der Waals surface area contributed by atoms with Crippen molar-refractivity contribution < 1.29 is 23.7 Å². The maximum atomic E-state index is 13.1. The highest BCUT2D eigenvalue weighted by Gasteiger charge is 2.36. The number of aromatic hydroxyl groups is 1. The molecule has 3 heterocycles. The molecule has 4 aromatic rings. The average Bonchev–Trinajstić information content (AvgIpc) is 3.73. The van der Waals surface area contributed by atoms with E-state index in [0.29, 0.717) is 52.6 Å². The fourth-order valence-electron chi connectivity index (χ4n) is 4.81. The normalized spacial score (nSPS) is 15.0. The van der Waals surface area contributed by atoms with Gasteiger partial charge in [0.15, 0.2) is 0 Å². The molecule has 0 fully saturated rings. The van der Waals surface area contributed by atoms with Crippen LogP contribution in [-0.4, -0.2) is 74.5 Å². The van der Waals surface area contributed by atoms with Crippen molar-refractivity contribution in [1.82, 2.24) is 20.6 Å². The molecule has 0 saturated carbocycles. The molecule has 0 radical (unpaired) electrons. The molecule has 0 bridgehead atoms.